The van der Waals surface area contributed by atoms with Crippen LogP contribution in [0.1, 0.15) is 44.9 Å². The van der Waals surface area contributed by atoms with Gasteiger partial charge in [-0.25, -0.2) is 4.79 Å². The number of rotatable bonds is 2. The zero-order chi connectivity index (χ0) is 14.0. The molecule has 5 atom stereocenters. The molecule has 5 fully saturated rings. The van der Waals surface area contributed by atoms with E-state index in [1.165, 1.54) is 0 Å². The van der Waals surface area contributed by atoms with Crippen LogP contribution in [0.5, 0.6) is 0 Å². The van der Waals surface area contributed by atoms with E-state index in [1.807, 2.05) is 0 Å². The Morgan fingerprint density at radius 3 is 2.50 bits per heavy atom. The molecular weight excluding hydrogens is 260 g/mol. The zero-order valence-electron chi connectivity index (χ0n) is 11.5. The van der Waals surface area contributed by atoms with Gasteiger partial charge < -0.3 is 14.6 Å². The lowest BCUT2D eigenvalue weighted by Crippen LogP contribution is -2.58. The van der Waals surface area contributed by atoms with Gasteiger partial charge >= 0.3 is 11.9 Å². The molecule has 5 nitrogen and oxygen atoms in total. The molecule has 0 amide bonds. The second kappa shape index (κ2) is 3.97. The summed E-state index contributed by atoms with van der Waals surface area (Å²) >= 11 is 0. The third-order valence-corrected chi connectivity index (χ3v) is 5.60. The van der Waals surface area contributed by atoms with Crippen LogP contribution in [0.3, 0.4) is 0 Å². The van der Waals surface area contributed by atoms with Crippen LogP contribution in [0, 0.1) is 17.3 Å². The van der Waals surface area contributed by atoms with E-state index in [-0.39, 0.29) is 5.97 Å². The number of carbonyl (C=O) groups excluding carboxylic acids is 2. The molecule has 5 aliphatic rings. The van der Waals surface area contributed by atoms with Gasteiger partial charge in [-0.1, -0.05) is 0 Å². The first kappa shape index (κ1) is 12.6. The summed E-state index contributed by atoms with van der Waals surface area (Å²) in [6.07, 6.45) is 4.63. The van der Waals surface area contributed by atoms with Crippen LogP contribution < -0.4 is 0 Å². The largest absolute Gasteiger partial charge is 0.463 e. The fourth-order valence-corrected chi connectivity index (χ4v) is 5.29. The van der Waals surface area contributed by atoms with Gasteiger partial charge in [0.2, 0.25) is 6.10 Å². The van der Waals surface area contributed by atoms with Gasteiger partial charge in [-0.05, 0) is 50.4 Å². The maximum absolute atomic E-state index is 12.6. The Labute approximate surface area is 117 Å². The Bertz CT molecular complexity index is 457. The van der Waals surface area contributed by atoms with E-state index in [4.69, 9.17) is 9.47 Å². The van der Waals surface area contributed by atoms with Gasteiger partial charge in [-0.2, -0.15) is 0 Å². The van der Waals surface area contributed by atoms with Crippen molar-refractivity contribution in [3.05, 3.63) is 0 Å². The molecule has 4 saturated carbocycles. The van der Waals surface area contributed by atoms with Crippen LogP contribution in [0.25, 0.3) is 0 Å². The summed E-state index contributed by atoms with van der Waals surface area (Å²) in [4.78, 5) is 24.1. The van der Waals surface area contributed by atoms with E-state index in [2.05, 4.69) is 0 Å². The standard InChI is InChI=1S/C15H20O5/c16-12-11(1-2-19-12)20-13(17)14-4-9-3-10(5-14)7-15(18,6-9)8-14/h9-11,18H,1-8H2/t9-,10+,11-,14?,15?/m1/s1. The minimum Gasteiger partial charge on any atom is -0.463 e. The predicted octanol–water partition coefficient (Wildman–Crippen LogP) is 1.18. The lowest BCUT2D eigenvalue weighted by Gasteiger charge is -2.58. The van der Waals surface area contributed by atoms with Crippen molar-refractivity contribution in [1.29, 1.82) is 0 Å². The Morgan fingerprint density at radius 1 is 1.25 bits per heavy atom. The number of aliphatic hydroxyl groups is 1. The van der Waals surface area contributed by atoms with Gasteiger partial charge in [0.25, 0.3) is 0 Å². The minimum atomic E-state index is -0.731. The summed E-state index contributed by atoms with van der Waals surface area (Å²) in [5.74, 6) is 0.157. The third kappa shape index (κ3) is 1.79. The second-order valence-electron chi connectivity index (χ2n) is 7.32. The highest BCUT2D eigenvalue weighted by atomic mass is 16.6. The third-order valence-electron chi connectivity index (χ3n) is 5.60. The van der Waals surface area contributed by atoms with Crippen LogP contribution in [0.15, 0.2) is 0 Å². The summed E-state index contributed by atoms with van der Waals surface area (Å²) in [5.41, 5.74) is -1.24. The predicted molar refractivity (Wildman–Crippen MR) is 67.5 cm³/mol. The molecule has 0 aromatic heterocycles. The van der Waals surface area contributed by atoms with Gasteiger partial charge in [-0.15, -0.1) is 0 Å². The van der Waals surface area contributed by atoms with E-state index in [0.717, 1.165) is 32.1 Å². The Kier molecular flexibility index (Phi) is 2.50. The number of carbonyl (C=O) groups is 2. The molecule has 1 N–H and O–H groups in total. The van der Waals surface area contributed by atoms with Gasteiger partial charge in [0.1, 0.15) is 0 Å². The molecule has 1 saturated heterocycles. The summed E-state index contributed by atoms with van der Waals surface area (Å²) in [5, 5.41) is 10.6. The van der Waals surface area contributed by atoms with Gasteiger partial charge in [0.15, 0.2) is 0 Å². The lowest BCUT2D eigenvalue weighted by molar-refractivity contribution is -0.200. The topological polar surface area (TPSA) is 72.8 Å². The van der Waals surface area contributed by atoms with Crippen molar-refractivity contribution in [2.24, 2.45) is 17.3 Å². The van der Waals surface area contributed by atoms with E-state index in [9.17, 15) is 14.7 Å². The molecule has 5 heteroatoms. The molecule has 1 heterocycles. The molecular formula is C15H20O5. The molecule has 20 heavy (non-hydrogen) atoms. The van der Waals surface area contributed by atoms with E-state index in [0.29, 0.717) is 31.3 Å². The van der Waals surface area contributed by atoms with E-state index < -0.39 is 23.1 Å². The molecule has 5 rings (SSSR count). The average molecular weight is 280 g/mol. The van der Waals surface area contributed by atoms with Crippen molar-refractivity contribution >= 4 is 11.9 Å². The lowest BCUT2D eigenvalue weighted by atomic mass is 9.48. The fraction of sp³-hybridized carbons (Fsp3) is 0.867. The molecule has 0 aromatic carbocycles. The highest BCUT2D eigenvalue weighted by molar-refractivity contribution is 5.83. The Balaban J connectivity index is 1.55. The number of cyclic esters (lactones) is 1. The van der Waals surface area contributed by atoms with Crippen molar-refractivity contribution < 1.29 is 24.2 Å². The number of hydrogen-bond donors (Lipinski definition) is 1. The summed E-state index contributed by atoms with van der Waals surface area (Å²) < 4.78 is 10.3. The van der Waals surface area contributed by atoms with Gasteiger partial charge in [0.05, 0.1) is 17.6 Å². The Morgan fingerprint density at radius 2 is 1.95 bits per heavy atom. The molecule has 4 bridgehead atoms. The summed E-state index contributed by atoms with van der Waals surface area (Å²) in [6, 6.07) is 0. The molecule has 0 radical (unpaired) electrons. The normalized spacial score (nSPS) is 49.2. The maximum atomic E-state index is 12.6. The van der Waals surface area contributed by atoms with Crippen molar-refractivity contribution in [1.82, 2.24) is 0 Å². The first-order valence-corrected chi connectivity index (χ1v) is 7.58. The van der Waals surface area contributed by atoms with Crippen LogP contribution in [0.2, 0.25) is 0 Å². The second-order valence-corrected chi connectivity index (χ2v) is 7.32. The molecule has 110 valence electrons. The minimum absolute atomic E-state index is 0.283. The van der Waals surface area contributed by atoms with Crippen LogP contribution >= 0.6 is 0 Å². The summed E-state index contributed by atoms with van der Waals surface area (Å²) in [7, 11) is 0. The van der Waals surface area contributed by atoms with Crippen LogP contribution in [-0.2, 0) is 19.1 Å². The van der Waals surface area contributed by atoms with Crippen LogP contribution in [-0.4, -0.2) is 35.4 Å². The van der Waals surface area contributed by atoms with E-state index >= 15 is 0 Å². The van der Waals surface area contributed by atoms with Gasteiger partial charge in [0, 0.05) is 6.42 Å². The zero-order valence-corrected chi connectivity index (χ0v) is 11.5. The smallest absolute Gasteiger partial charge is 0.347 e. The number of ether oxygens (including phenoxy) is 2. The molecule has 2 unspecified atom stereocenters. The van der Waals surface area contributed by atoms with Crippen molar-refractivity contribution in [3.63, 3.8) is 0 Å². The average Bonchev–Trinajstić information content (AvgIpc) is 2.71. The Hall–Kier alpha value is -1.10. The van der Waals surface area contributed by atoms with Gasteiger partial charge in [-0.3, -0.25) is 4.79 Å². The first-order valence-electron chi connectivity index (χ1n) is 7.58. The number of hydrogen-bond acceptors (Lipinski definition) is 5. The number of esters is 2. The highest BCUT2D eigenvalue weighted by Crippen LogP contribution is 2.62. The summed E-state index contributed by atoms with van der Waals surface area (Å²) in [6.45, 7) is 0.332. The molecule has 1 aliphatic heterocycles. The highest BCUT2D eigenvalue weighted by Gasteiger charge is 2.61. The maximum Gasteiger partial charge on any atom is 0.347 e. The SMILES string of the molecule is O=C1OCC[C@H]1OC(=O)C12C[C@@H]3C[C@@H](CC(O)(C3)C1)C2. The fourth-order valence-electron chi connectivity index (χ4n) is 5.29. The molecule has 0 aromatic rings. The van der Waals surface area contributed by atoms with Crippen molar-refractivity contribution in [2.75, 3.05) is 6.61 Å². The quantitative estimate of drug-likeness (QED) is 0.769. The molecule has 0 spiro atoms. The van der Waals surface area contributed by atoms with E-state index in [1.54, 1.807) is 0 Å². The van der Waals surface area contributed by atoms with Crippen molar-refractivity contribution in [2.45, 2.75) is 56.7 Å². The molecule has 4 aliphatic carbocycles. The van der Waals surface area contributed by atoms with Crippen LogP contribution in [0.4, 0.5) is 0 Å². The first-order chi connectivity index (χ1) is 9.48. The monoisotopic (exact) mass is 280 g/mol. The van der Waals surface area contributed by atoms with Crippen molar-refractivity contribution in [3.8, 4) is 0 Å².